The summed E-state index contributed by atoms with van der Waals surface area (Å²) in [7, 11) is 0. The van der Waals surface area contributed by atoms with Crippen molar-refractivity contribution in [2.45, 2.75) is 39.2 Å². The van der Waals surface area contributed by atoms with Crippen LogP contribution < -0.4 is 4.73 Å². The molecular weight excluding hydrogens is 492 g/mol. The Balaban J connectivity index is 1.40. The Kier molecular flexibility index (Phi) is 6.40. The third-order valence-electron chi connectivity index (χ3n) is 7.04. The molecule has 1 atom stereocenters. The summed E-state index contributed by atoms with van der Waals surface area (Å²) in [6.45, 7) is 7.37. The van der Waals surface area contributed by atoms with Crippen molar-refractivity contribution in [2.75, 3.05) is 26.2 Å². The van der Waals surface area contributed by atoms with E-state index in [0.29, 0.717) is 19.5 Å². The number of rotatable bonds is 3. The number of amides is 1. The number of pyridine rings is 2. The lowest BCUT2D eigenvalue weighted by molar-refractivity contribution is -0.605. The van der Waals surface area contributed by atoms with Crippen LogP contribution >= 0.6 is 15.9 Å². The average Bonchev–Trinajstić information content (AvgIpc) is 2.97. The van der Waals surface area contributed by atoms with Crippen LogP contribution in [0.2, 0.25) is 0 Å². The Hall–Kier alpha value is -2.77. The molecule has 2 aliphatic rings. The van der Waals surface area contributed by atoms with E-state index >= 15 is 0 Å². The van der Waals surface area contributed by atoms with Crippen molar-refractivity contribution in [1.82, 2.24) is 14.8 Å². The molecule has 176 valence electrons. The zero-order valence-corrected chi connectivity index (χ0v) is 21.2. The van der Waals surface area contributed by atoms with E-state index in [0.717, 1.165) is 46.4 Å². The second kappa shape index (κ2) is 9.47. The number of aromatic nitrogens is 2. The number of carbonyl (C=O) groups is 1. The lowest BCUT2D eigenvalue weighted by Crippen LogP contribution is -2.50. The fourth-order valence-electron chi connectivity index (χ4n) is 5.44. The van der Waals surface area contributed by atoms with Gasteiger partial charge in [-0.05, 0) is 76.5 Å². The number of hydrogen-bond donors (Lipinski definition) is 0. The molecule has 0 N–H and O–H groups in total. The molecule has 3 aromatic rings. The van der Waals surface area contributed by atoms with Crippen LogP contribution in [-0.2, 0) is 24.1 Å². The molecule has 6 nitrogen and oxygen atoms in total. The quantitative estimate of drug-likeness (QED) is 0.390. The van der Waals surface area contributed by atoms with Crippen molar-refractivity contribution in [2.24, 2.45) is 0 Å². The van der Waals surface area contributed by atoms with Gasteiger partial charge in [0, 0.05) is 49.0 Å². The van der Waals surface area contributed by atoms with Gasteiger partial charge in [0.15, 0.2) is 12.4 Å². The molecule has 1 unspecified atom stereocenters. The molecule has 1 aromatic carbocycles. The van der Waals surface area contributed by atoms with Gasteiger partial charge in [0.05, 0.1) is 18.2 Å². The van der Waals surface area contributed by atoms with Crippen LogP contribution in [0.3, 0.4) is 0 Å². The molecule has 0 spiro atoms. The first-order valence-electron chi connectivity index (χ1n) is 11.8. The maximum Gasteiger partial charge on any atom is 0.227 e. The molecule has 1 aliphatic carbocycles. The van der Waals surface area contributed by atoms with E-state index in [4.69, 9.17) is 4.98 Å². The SMILES string of the molecule is Cc1cc(C)c2c(c1)CCc1cc(Br)cnc1C2N1CCN(C(=O)Cc2cc[n+]([O-])cc2)CC1. The minimum atomic E-state index is 0.0973. The van der Waals surface area contributed by atoms with E-state index in [9.17, 15) is 10.0 Å². The summed E-state index contributed by atoms with van der Waals surface area (Å²) < 4.78 is 1.76. The predicted octanol–water partition coefficient (Wildman–Crippen LogP) is 3.67. The minimum absolute atomic E-state index is 0.0973. The number of fused-ring (bicyclic) bond motifs is 2. The Morgan fingerprint density at radius 2 is 1.79 bits per heavy atom. The van der Waals surface area contributed by atoms with Crippen molar-refractivity contribution in [3.8, 4) is 0 Å². The van der Waals surface area contributed by atoms with Crippen molar-refractivity contribution in [1.29, 1.82) is 0 Å². The van der Waals surface area contributed by atoms with Gasteiger partial charge in [-0.3, -0.25) is 14.7 Å². The summed E-state index contributed by atoms with van der Waals surface area (Å²) in [6, 6.07) is 10.4. The molecule has 0 radical (unpaired) electrons. The summed E-state index contributed by atoms with van der Waals surface area (Å²) in [5, 5.41) is 11.3. The van der Waals surface area contributed by atoms with E-state index in [1.165, 1.54) is 40.2 Å². The molecule has 7 heteroatoms. The molecular formula is C27H29BrN4O2. The second-order valence-corrected chi connectivity index (χ2v) is 10.3. The second-order valence-electron chi connectivity index (χ2n) is 9.41. The molecule has 2 aromatic heterocycles. The average molecular weight is 521 g/mol. The summed E-state index contributed by atoms with van der Waals surface area (Å²) in [4.78, 5) is 22.3. The fraction of sp³-hybridized carbons (Fsp3) is 0.370. The molecule has 1 fully saturated rings. The zero-order valence-electron chi connectivity index (χ0n) is 19.6. The van der Waals surface area contributed by atoms with Crippen LogP contribution in [0.15, 0.2) is 53.4 Å². The topological polar surface area (TPSA) is 63.4 Å². The number of hydrogen-bond acceptors (Lipinski definition) is 4. The number of piperazine rings is 1. The van der Waals surface area contributed by atoms with Gasteiger partial charge in [-0.25, -0.2) is 0 Å². The van der Waals surface area contributed by atoms with Crippen LogP contribution in [0.25, 0.3) is 0 Å². The maximum absolute atomic E-state index is 12.9. The minimum Gasteiger partial charge on any atom is -0.619 e. The number of carbonyl (C=O) groups excluding carboxylic acids is 1. The number of halogens is 1. The lowest BCUT2D eigenvalue weighted by atomic mass is 9.90. The van der Waals surface area contributed by atoms with Gasteiger partial charge in [0.1, 0.15) is 0 Å². The summed E-state index contributed by atoms with van der Waals surface area (Å²) in [6.07, 6.45) is 7.11. The monoisotopic (exact) mass is 520 g/mol. The van der Waals surface area contributed by atoms with Crippen LogP contribution in [0, 0.1) is 19.1 Å². The largest absolute Gasteiger partial charge is 0.619 e. The maximum atomic E-state index is 12.9. The van der Waals surface area contributed by atoms with E-state index < -0.39 is 0 Å². The highest BCUT2D eigenvalue weighted by molar-refractivity contribution is 9.10. The van der Waals surface area contributed by atoms with E-state index in [1.807, 2.05) is 11.1 Å². The molecule has 34 heavy (non-hydrogen) atoms. The first-order chi connectivity index (χ1) is 16.4. The van der Waals surface area contributed by atoms with Crippen LogP contribution in [0.4, 0.5) is 0 Å². The molecule has 0 saturated carbocycles. The Bertz CT molecular complexity index is 1220. The highest BCUT2D eigenvalue weighted by atomic mass is 79.9. The third-order valence-corrected chi connectivity index (χ3v) is 7.47. The third kappa shape index (κ3) is 4.59. The summed E-state index contributed by atoms with van der Waals surface area (Å²) in [5.74, 6) is 0.110. The van der Waals surface area contributed by atoms with Gasteiger partial charge in [0.25, 0.3) is 0 Å². The van der Waals surface area contributed by atoms with E-state index in [-0.39, 0.29) is 11.9 Å². The number of benzene rings is 1. The van der Waals surface area contributed by atoms with Crippen LogP contribution in [0.5, 0.6) is 0 Å². The number of nitrogens with zero attached hydrogens (tertiary/aromatic N) is 4. The van der Waals surface area contributed by atoms with Gasteiger partial charge >= 0.3 is 0 Å². The molecule has 1 saturated heterocycles. The Morgan fingerprint density at radius 1 is 1.09 bits per heavy atom. The van der Waals surface area contributed by atoms with Crippen molar-refractivity contribution in [3.05, 3.63) is 97.7 Å². The van der Waals surface area contributed by atoms with Crippen LogP contribution in [-0.4, -0.2) is 46.9 Å². The van der Waals surface area contributed by atoms with Crippen molar-refractivity contribution < 1.29 is 9.52 Å². The van der Waals surface area contributed by atoms with E-state index in [1.54, 1.807) is 12.1 Å². The molecule has 1 amide bonds. The summed E-state index contributed by atoms with van der Waals surface area (Å²) >= 11 is 3.61. The van der Waals surface area contributed by atoms with Crippen molar-refractivity contribution in [3.63, 3.8) is 0 Å². The van der Waals surface area contributed by atoms with Gasteiger partial charge in [-0.15, -0.1) is 0 Å². The van der Waals surface area contributed by atoms with Crippen molar-refractivity contribution >= 4 is 21.8 Å². The zero-order chi connectivity index (χ0) is 23.8. The Morgan fingerprint density at radius 3 is 2.53 bits per heavy atom. The highest BCUT2D eigenvalue weighted by Crippen LogP contribution is 2.39. The first-order valence-corrected chi connectivity index (χ1v) is 12.6. The normalized spacial score (nSPS) is 18.2. The van der Waals surface area contributed by atoms with Gasteiger partial charge in [0.2, 0.25) is 5.91 Å². The Labute approximate surface area is 208 Å². The van der Waals surface area contributed by atoms with Crippen LogP contribution in [0.1, 0.15) is 45.1 Å². The first kappa shape index (κ1) is 23.0. The van der Waals surface area contributed by atoms with Gasteiger partial charge < -0.3 is 10.1 Å². The number of aryl methyl sites for hydroxylation is 4. The smallest absolute Gasteiger partial charge is 0.227 e. The standard InChI is InChI=1S/C27H29BrN4O2/c1-18-13-19(2)25-21(14-18)3-4-22-16-23(28)17-29-26(22)27(25)31-11-9-30(10-12-31)24(33)15-20-5-7-32(34)8-6-20/h5-8,13-14,16-17,27H,3-4,9-12,15H2,1-2H3. The predicted molar refractivity (Wildman–Crippen MR) is 134 cm³/mol. The molecule has 5 rings (SSSR count). The highest BCUT2D eigenvalue weighted by Gasteiger charge is 2.34. The fourth-order valence-corrected chi connectivity index (χ4v) is 5.82. The molecule has 0 bridgehead atoms. The van der Waals surface area contributed by atoms with E-state index in [2.05, 4.69) is 52.9 Å². The molecule has 1 aliphatic heterocycles. The lowest BCUT2D eigenvalue weighted by Gasteiger charge is -2.40. The van der Waals surface area contributed by atoms with Gasteiger partial charge in [-0.1, -0.05) is 17.7 Å². The van der Waals surface area contributed by atoms with Gasteiger partial charge in [-0.2, -0.15) is 4.73 Å². The molecule has 3 heterocycles. The summed E-state index contributed by atoms with van der Waals surface area (Å²) in [5.41, 5.74) is 8.72.